The van der Waals surface area contributed by atoms with Crippen LogP contribution in [0.15, 0.2) is 0 Å². The molecule has 6 heteroatoms. The number of carboxylic acid groups (broad SMARTS) is 1. The first-order chi connectivity index (χ1) is 9.87. The number of carbonyl (C=O) groups is 3. The van der Waals surface area contributed by atoms with Gasteiger partial charge < -0.3 is 15.3 Å². The van der Waals surface area contributed by atoms with Gasteiger partial charge in [0.25, 0.3) is 0 Å². The molecule has 0 aliphatic rings. The summed E-state index contributed by atoms with van der Waals surface area (Å²) in [7, 11) is 0. The largest absolute Gasteiger partial charge is 0.480 e. The van der Waals surface area contributed by atoms with E-state index in [9.17, 15) is 14.4 Å². The zero-order chi connectivity index (χ0) is 16.4. The van der Waals surface area contributed by atoms with Crippen LogP contribution >= 0.6 is 0 Å². The van der Waals surface area contributed by atoms with Crippen molar-refractivity contribution in [3.8, 4) is 0 Å². The quantitative estimate of drug-likeness (QED) is 0.642. The molecule has 0 bridgehead atoms. The van der Waals surface area contributed by atoms with E-state index in [0.29, 0.717) is 32.4 Å². The van der Waals surface area contributed by atoms with E-state index >= 15 is 0 Å². The summed E-state index contributed by atoms with van der Waals surface area (Å²) in [4.78, 5) is 36.4. The van der Waals surface area contributed by atoms with Crippen LogP contribution in [0.2, 0.25) is 0 Å². The van der Waals surface area contributed by atoms with Gasteiger partial charge in [0.05, 0.1) is 0 Å². The van der Waals surface area contributed by atoms with Gasteiger partial charge in [-0.25, -0.2) is 4.79 Å². The molecule has 0 saturated carbocycles. The minimum atomic E-state index is -1.02. The van der Waals surface area contributed by atoms with Crippen LogP contribution in [0.1, 0.15) is 53.4 Å². The Labute approximate surface area is 126 Å². The highest BCUT2D eigenvalue weighted by Crippen LogP contribution is 2.09. The normalized spacial score (nSPS) is 13.3. The van der Waals surface area contributed by atoms with Crippen LogP contribution < -0.4 is 5.32 Å². The highest BCUT2D eigenvalue weighted by molar-refractivity contribution is 5.84. The molecule has 0 heterocycles. The van der Waals surface area contributed by atoms with Crippen LogP contribution in [-0.2, 0) is 14.4 Å². The summed E-state index contributed by atoms with van der Waals surface area (Å²) >= 11 is 0. The van der Waals surface area contributed by atoms with Gasteiger partial charge in [0.1, 0.15) is 6.04 Å². The highest BCUT2D eigenvalue weighted by Gasteiger charge is 2.25. The van der Waals surface area contributed by atoms with Crippen LogP contribution in [0, 0.1) is 5.92 Å². The molecule has 2 unspecified atom stereocenters. The number of carboxylic acids is 1. The summed E-state index contributed by atoms with van der Waals surface area (Å²) in [6, 6.07) is -0.860. The van der Waals surface area contributed by atoms with Gasteiger partial charge in [-0.2, -0.15) is 0 Å². The van der Waals surface area contributed by atoms with E-state index in [-0.39, 0.29) is 24.2 Å². The van der Waals surface area contributed by atoms with Crippen LogP contribution in [-0.4, -0.2) is 46.9 Å². The van der Waals surface area contributed by atoms with Crippen LogP contribution in [0.3, 0.4) is 0 Å². The fourth-order valence-electron chi connectivity index (χ4n) is 2.06. The Morgan fingerprint density at radius 2 is 1.67 bits per heavy atom. The molecule has 0 aromatic carbocycles. The van der Waals surface area contributed by atoms with E-state index in [2.05, 4.69) is 5.32 Å². The smallest absolute Gasteiger partial charge is 0.326 e. The van der Waals surface area contributed by atoms with Crippen LogP contribution in [0.25, 0.3) is 0 Å². The Morgan fingerprint density at radius 3 is 2.10 bits per heavy atom. The third-order valence-electron chi connectivity index (χ3n) is 3.71. The molecule has 0 aliphatic carbocycles. The van der Waals surface area contributed by atoms with Gasteiger partial charge in [-0.3, -0.25) is 9.59 Å². The maximum Gasteiger partial charge on any atom is 0.326 e. The summed E-state index contributed by atoms with van der Waals surface area (Å²) in [6.07, 6.45) is 1.61. The molecule has 0 spiro atoms. The number of carbonyl (C=O) groups excluding carboxylic acids is 2. The van der Waals surface area contributed by atoms with E-state index in [1.807, 2.05) is 20.8 Å². The molecule has 0 aliphatic heterocycles. The van der Waals surface area contributed by atoms with E-state index in [1.165, 1.54) is 0 Å². The van der Waals surface area contributed by atoms with Crippen LogP contribution in [0.4, 0.5) is 0 Å². The molecule has 0 aromatic rings. The molecule has 21 heavy (non-hydrogen) atoms. The predicted octanol–water partition coefficient (Wildman–Crippen LogP) is 1.64. The van der Waals surface area contributed by atoms with Crippen molar-refractivity contribution in [2.45, 2.75) is 59.4 Å². The van der Waals surface area contributed by atoms with Gasteiger partial charge in [-0.05, 0) is 26.2 Å². The number of hydrogen-bond acceptors (Lipinski definition) is 3. The average Bonchev–Trinajstić information content (AvgIpc) is 2.45. The van der Waals surface area contributed by atoms with E-state index < -0.39 is 12.0 Å². The van der Waals surface area contributed by atoms with Crippen LogP contribution in [0.5, 0.6) is 0 Å². The first-order valence-electron chi connectivity index (χ1n) is 7.67. The predicted molar refractivity (Wildman–Crippen MR) is 80.8 cm³/mol. The molecular formula is C15H28N2O4. The summed E-state index contributed by atoms with van der Waals surface area (Å²) < 4.78 is 0. The molecule has 0 saturated heterocycles. The van der Waals surface area contributed by atoms with Crippen molar-refractivity contribution in [2.24, 2.45) is 5.92 Å². The van der Waals surface area contributed by atoms with Crippen molar-refractivity contribution in [3.63, 3.8) is 0 Å². The maximum atomic E-state index is 11.8. The zero-order valence-electron chi connectivity index (χ0n) is 13.5. The first kappa shape index (κ1) is 19.4. The third kappa shape index (κ3) is 7.11. The minimum absolute atomic E-state index is 0.0320. The SMILES string of the molecule is CCC(C)C(NC(=O)CCCC(=O)N(CC)CC)C(=O)O. The first-order valence-corrected chi connectivity index (χ1v) is 7.67. The number of nitrogens with one attached hydrogen (secondary N) is 1. The average molecular weight is 300 g/mol. The Kier molecular flexibility index (Phi) is 9.41. The Bertz CT molecular complexity index is 354. The lowest BCUT2D eigenvalue weighted by Gasteiger charge is -2.20. The number of aliphatic carboxylic acids is 1. The monoisotopic (exact) mass is 300 g/mol. The van der Waals surface area contributed by atoms with Gasteiger partial charge in [-0.1, -0.05) is 20.3 Å². The van der Waals surface area contributed by atoms with Crippen molar-refractivity contribution in [3.05, 3.63) is 0 Å². The lowest BCUT2D eigenvalue weighted by molar-refractivity contribution is -0.143. The second-order valence-corrected chi connectivity index (χ2v) is 5.19. The van der Waals surface area contributed by atoms with Gasteiger partial charge >= 0.3 is 5.97 Å². The van der Waals surface area contributed by atoms with Gasteiger partial charge in [0.15, 0.2) is 0 Å². The summed E-state index contributed by atoms with van der Waals surface area (Å²) in [5, 5.41) is 11.6. The van der Waals surface area contributed by atoms with Crippen molar-refractivity contribution >= 4 is 17.8 Å². The fraction of sp³-hybridized carbons (Fsp3) is 0.800. The van der Waals surface area contributed by atoms with Crippen molar-refractivity contribution in [1.29, 1.82) is 0 Å². The molecule has 0 radical (unpaired) electrons. The molecule has 0 fully saturated rings. The molecule has 2 N–H and O–H groups in total. The van der Waals surface area contributed by atoms with Crippen molar-refractivity contribution in [1.82, 2.24) is 10.2 Å². The third-order valence-corrected chi connectivity index (χ3v) is 3.71. The Morgan fingerprint density at radius 1 is 1.10 bits per heavy atom. The van der Waals surface area contributed by atoms with E-state index in [1.54, 1.807) is 11.8 Å². The van der Waals surface area contributed by atoms with E-state index in [4.69, 9.17) is 5.11 Å². The summed E-state index contributed by atoms with van der Waals surface area (Å²) in [5.41, 5.74) is 0. The summed E-state index contributed by atoms with van der Waals surface area (Å²) in [5.74, 6) is -1.42. The molecular weight excluding hydrogens is 272 g/mol. The number of amides is 2. The standard InChI is InChI=1S/C15H28N2O4/c1-5-11(4)14(15(20)21)16-12(18)9-8-10-13(19)17(6-2)7-3/h11,14H,5-10H2,1-4H3,(H,16,18)(H,20,21). The Balaban J connectivity index is 4.20. The molecule has 6 nitrogen and oxygen atoms in total. The summed E-state index contributed by atoms with van der Waals surface area (Å²) in [6.45, 7) is 8.83. The molecule has 0 rings (SSSR count). The second kappa shape index (κ2) is 10.2. The molecule has 0 aromatic heterocycles. The van der Waals surface area contributed by atoms with Crippen molar-refractivity contribution in [2.75, 3.05) is 13.1 Å². The van der Waals surface area contributed by atoms with Crippen molar-refractivity contribution < 1.29 is 19.5 Å². The second-order valence-electron chi connectivity index (χ2n) is 5.19. The number of nitrogens with zero attached hydrogens (tertiary/aromatic N) is 1. The Hall–Kier alpha value is -1.59. The fourth-order valence-corrected chi connectivity index (χ4v) is 2.06. The van der Waals surface area contributed by atoms with Gasteiger partial charge in [-0.15, -0.1) is 0 Å². The zero-order valence-corrected chi connectivity index (χ0v) is 13.5. The topological polar surface area (TPSA) is 86.7 Å². The molecule has 122 valence electrons. The number of hydrogen-bond donors (Lipinski definition) is 2. The lowest BCUT2D eigenvalue weighted by Crippen LogP contribution is -2.45. The molecule has 2 atom stereocenters. The molecule has 2 amide bonds. The highest BCUT2D eigenvalue weighted by atomic mass is 16.4. The van der Waals surface area contributed by atoms with Gasteiger partial charge in [0, 0.05) is 25.9 Å². The number of rotatable bonds is 10. The van der Waals surface area contributed by atoms with E-state index in [0.717, 1.165) is 0 Å². The minimum Gasteiger partial charge on any atom is -0.480 e. The lowest BCUT2D eigenvalue weighted by atomic mass is 9.99. The maximum absolute atomic E-state index is 11.8. The van der Waals surface area contributed by atoms with Gasteiger partial charge in [0.2, 0.25) is 11.8 Å².